The molecule has 0 spiro atoms. The Kier molecular flexibility index (Phi) is 6.64. The van der Waals surface area contributed by atoms with Crippen molar-refractivity contribution in [3.05, 3.63) is 164 Å². The fraction of sp³-hybridized carbons (Fsp3) is 0. The van der Waals surface area contributed by atoms with Gasteiger partial charge in [0.15, 0.2) is 5.82 Å². The molecule has 0 atom stereocenters. The highest BCUT2D eigenvalue weighted by molar-refractivity contribution is 7.26. The van der Waals surface area contributed by atoms with Crippen molar-refractivity contribution in [2.45, 2.75) is 0 Å². The fourth-order valence-electron chi connectivity index (χ4n) is 7.05. The van der Waals surface area contributed by atoms with Gasteiger partial charge in [-0.05, 0) is 47.5 Å². The summed E-state index contributed by atoms with van der Waals surface area (Å²) in [7, 11) is 0. The number of hydrogen-bond donors (Lipinski definition) is 0. The molecule has 0 aliphatic rings. The molecule has 0 radical (unpaired) electrons. The molecule has 0 N–H and O–H groups in total. The Morgan fingerprint density at radius 3 is 2.06 bits per heavy atom. The van der Waals surface area contributed by atoms with Crippen molar-refractivity contribution in [2.75, 3.05) is 0 Å². The van der Waals surface area contributed by atoms with Gasteiger partial charge < -0.3 is 4.42 Å². The molecule has 4 heterocycles. The Balaban J connectivity index is 1.22. The second kappa shape index (κ2) is 11.6. The number of hydrogen-bond acceptors (Lipinski definition) is 5. The molecule has 0 bridgehead atoms. The summed E-state index contributed by atoms with van der Waals surface area (Å²) in [5.74, 6) is 0.615. The first kappa shape index (κ1) is 28.6. The maximum Gasteiger partial charge on any atom is 0.164 e. The molecule has 50 heavy (non-hydrogen) atoms. The zero-order chi connectivity index (χ0) is 33.0. The summed E-state index contributed by atoms with van der Waals surface area (Å²) < 4.78 is 9.31. The van der Waals surface area contributed by atoms with Crippen LogP contribution in [0.3, 0.4) is 0 Å². The molecule has 5 heteroatoms. The van der Waals surface area contributed by atoms with Crippen molar-refractivity contribution < 1.29 is 4.42 Å². The molecule has 10 rings (SSSR count). The standard InChI is InChI=1S/C45H27N3OS/c1-2-11-28(12-3-1)38-26-39(30-14-8-13-29(25-30)31-15-10-24-46-27-31)48-45(47-38)37-23-22-33(42-36-17-4-6-20-40(36)49-43(37)42)35-19-9-18-34-32-16-5-7-21-41(32)50-44(34)35/h1-27H. The van der Waals surface area contributed by atoms with Gasteiger partial charge in [-0.3, -0.25) is 4.98 Å². The van der Waals surface area contributed by atoms with E-state index in [1.54, 1.807) is 6.20 Å². The third kappa shape index (κ3) is 4.71. The van der Waals surface area contributed by atoms with Crippen LogP contribution in [-0.4, -0.2) is 15.0 Å². The molecule has 0 unspecified atom stereocenters. The molecule has 0 aliphatic heterocycles. The first-order valence-corrected chi connectivity index (χ1v) is 17.4. The quantitative estimate of drug-likeness (QED) is 0.185. The molecule has 4 nitrogen and oxygen atoms in total. The lowest BCUT2D eigenvalue weighted by molar-refractivity contribution is 0.669. The summed E-state index contributed by atoms with van der Waals surface area (Å²) in [4.78, 5) is 14.8. The number of nitrogens with zero attached hydrogens (tertiary/aromatic N) is 3. The molecule has 10 aromatic rings. The van der Waals surface area contributed by atoms with E-state index in [9.17, 15) is 0 Å². The lowest BCUT2D eigenvalue weighted by Crippen LogP contribution is -1.97. The van der Waals surface area contributed by atoms with E-state index in [-0.39, 0.29) is 0 Å². The van der Waals surface area contributed by atoms with Crippen LogP contribution in [0, 0.1) is 0 Å². The van der Waals surface area contributed by atoms with Crippen molar-refractivity contribution in [3.63, 3.8) is 0 Å². The number of furan rings is 1. The topological polar surface area (TPSA) is 51.8 Å². The van der Waals surface area contributed by atoms with E-state index in [1.807, 2.05) is 53.9 Å². The summed E-state index contributed by atoms with van der Waals surface area (Å²) in [5.41, 5.74) is 10.6. The number of rotatable bonds is 5. The van der Waals surface area contributed by atoms with Crippen molar-refractivity contribution in [1.82, 2.24) is 15.0 Å². The number of aromatic nitrogens is 3. The Labute approximate surface area is 292 Å². The number of pyridine rings is 1. The third-order valence-electron chi connectivity index (χ3n) is 9.41. The van der Waals surface area contributed by atoms with Crippen molar-refractivity contribution >= 4 is 53.4 Å². The van der Waals surface area contributed by atoms with Gasteiger partial charge in [0.2, 0.25) is 0 Å². The molecule has 234 valence electrons. The van der Waals surface area contributed by atoms with Crippen molar-refractivity contribution in [1.29, 1.82) is 0 Å². The van der Waals surface area contributed by atoms with Gasteiger partial charge in [0.05, 0.1) is 17.0 Å². The van der Waals surface area contributed by atoms with Crippen LogP contribution in [0.2, 0.25) is 0 Å². The van der Waals surface area contributed by atoms with Crippen LogP contribution in [0.25, 0.3) is 98.3 Å². The van der Waals surface area contributed by atoms with Crippen LogP contribution in [0.4, 0.5) is 0 Å². The second-order valence-electron chi connectivity index (χ2n) is 12.4. The Morgan fingerprint density at radius 2 is 1.18 bits per heavy atom. The smallest absolute Gasteiger partial charge is 0.164 e. The summed E-state index contributed by atoms with van der Waals surface area (Å²) >= 11 is 1.84. The van der Waals surface area contributed by atoms with Gasteiger partial charge in [0.1, 0.15) is 11.2 Å². The van der Waals surface area contributed by atoms with Crippen LogP contribution in [0.5, 0.6) is 0 Å². The Bertz CT molecular complexity index is 2870. The number of para-hydroxylation sites is 1. The first-order chi connectivity index (χ1) is 24.8. The maximum atomic E-state index is 6.76. The van der Waals surface area contributed by atoms with Gasteiger partial charge >= 0.3 is 0 Å². The average molecular weight is 658 g/mol. The molecule has 4 aromatic heterocycles. The highest BCUT2D eigenvalue weighted by Crippen LogP contribution is 2.46. The molecular formula is C45H27N3OS. The van der Waals surface area contributed by atoms with Gasteiger partial charge in [-0.2, -0.15) is 0 Å². The summed E-state index contributed by atoms with van der Waals surface area (Å²) in [6.45, 7) is 0. The number of thiophene rings is 1. The Hall–Kier alpha value is -6.43. The van der Waals surface area contributed by atoms with Gasteiger partial charge in [0, 0.05) is 65.6 Å². The van der Waals surface area contributed by atoms with E-state index >= 15 is 0 Å². The van der Waals surface area contributed by atoms with Crippen molar-refractivity contribution in [2.24, 2.45) is 0 Å². The second-order valence-corrected chi connectivity index (χ2v) is 13.4. The molecule has 0 aliphatic carbocycles. The van der Waals surface area contributed by atoms with E-state index < -0.39 is 0 Å². The summed E-state index contributed by atoms with van der Waals surface area (Å²) in [6, 6.07) is 52.8. The van der Waals surface area contributed by atoms with Crippen LogP contribution >= 0.6 is 11.3 Å². The molecule has 0 saturated heterocycles. The lowest BCUT2D eigenvalue weighted by Gasteiger charge is -2.12. The van der Waals surface area contributed by atoms with Gasteiger partial charge in [0.25, 0.3) is 0 Å². The zero-order valence-electron chi connectivity index (χ0n) is 26.7. The lowest BCUT2D eigenvalue weighted by atomic mass is 9.95. The SMILES string of the molecule is c1ccc(-c2cc(-c3cccc(-c4cccnc4)c3)nc(-c3ccc(-c4cccc5c4sc4ccccc45)c4c3oc3ccccc34)n2)cc1. The predicted molar refractivity (Wildman–Crippen MR) is 207 cm³/mol. The van der Waals surface area contributed by atoms with Gasteiger partial charge in [-0.15, -0.1) is 11.3 Å². The Morgan fingerprint density at radius 1 is 0.480 bits per heavy atom. The zero-order valence-corrected chi connectivity index (χ0v) is 27.6. The number of benzene rings is 6. The van der Waals surface area contributed by atoms with E-state index in [2.05, 4.69) is 120 Å². The van der Waals surface area contributed by atoms with Gasteiger partial charge in [-0.25, -0.2) is 9.97 Å². The van der Waals surface area contributed by atoms with E-state index in [1.165, 1.54) is 25.7 Å². The minimum Gasteiger partial charge on any atom is -0.455 e. The van der Waals surface area contributed by atoms with Crippen LogP contribution in [0.1, 0.15) is 0 Å². The molecule has 0 fully saturated rings. The summed E-state index contributed by atoms with van der Waals surface area (Å²) in [5, 5.41) is 4.69. The summed E-state index contributed by atoms with van der Waals surface area (Å²) in [6.07, 6.45) is 3.68. The third-order valence-corrected chi connectivity index (χ3v) is 10.6. The van der Waals surface area contributed by atoms with Crippen LogP contribution in [0.15, 0.2) is 168 Å². The maximum absolute atomic E-state index is 6.76. The fourth-order valence-corrected chi connectivity index (χ4v) is 8.28. The monoisotopic (exact) mass is 657 g/mol. The normalized spacial score (nSPS) is 11.6. The largest absolute Gasteiger partial charge is 0.455 e. The molecular weight excluding hydrogens is 631 g/mol. The predicted octanol–water partition coefficient (Wildman–Crippen LogP) is 12.5. The van der Waals surface area contributed by atoms with Crippen molar-refractivity contribution in [3.8, 4) is 56.2 Å². The minimum atomic E-state index is 0.615. The van der Waals surface area contributed by atoms with Gasteiger partial charge in [-0.1, -0.05) is 115 Å². The molecule has 0 amide bonds. The molecule has 6 aromatic carbocycles. The van der Waals surface area contributed by atoms with Crippen LogP contribution in [-0.2, 0) is 0 Å². The average Bonchev–Trinajstić information content (AvgIpc) is 3.77. The first-order valence-electron chi connectivity index (χ1n) is 16.6. The highest BCUT2D eigenvalue weighted by Gasteiger charge is 2.22. The van der Waals surface area contributed by atoms with E-state index in [4.69, 9.17) is 14.4 Å². The molecule has 0 saturated carbocycles. The van der Waals surface area contributed by atoms with E-state index in [0.717, 1.165) is 66.7 Å². The van der Waals surface area contributed by atoms with Crippen LogP contribution < -0.4 is 0 Å². The highest BCUT2D eigenvalue weighted by atomic mass is 32.1. The number of fused-ring (bicyclic) bond motifs is 6. The van der Waals surface area contributed by atoms with E-state index in [0.29, 0.717) is 5.82 Å². The minimum absolute atomic E-state index is 0.615.